The van der Waals surface area contributed by atoms with Gasteiger partial charge in [0.2, 0.25) is 0 Å². The summed E-state index contributed by atoms with van der Waals surface area (Å²) in [5, 5.41) is 0. The summed E-state index contributed by atoms with van der Waals surface area (Å²) < 4.78 is 0. The normalized spacial score (nSPS) is 29.6. The Bertz CT molecular complexity index is 189. The predicted molar refractivity (Wildman–Crippen MR) is 63.9 cm³/mol. The molecule has 0 aromatic heterocycles. The van der Waals surface area contributed by atoms with Gasteiger partial charge in [0.05, 0.1) is 0 Å². The molecule has 0 saturated carbocycles. The zero-order valence-corrected chi connectivity index (χ0v) is 9.99. The standard InChI is InChI=1S/C12H25N3/c1-14-8-11(9-14)10-15-7-3-5-12(15)4-2-6-13/h11-12H,2-10,13H2,1H3. The number of rotatable bonds is 5. The lowest BCUT2D eigenvalue weighted by Gasteiger charge is -2.40. The molecule has 0 aliphatic carbocycles. The van der Waals surface area contributed by atoms with Gasteiger partial charge in [-0.15, -0.1) is 0 Å². The molecule has 2 heterocycles. The Hall–Kier alpha value is -0.120. The average molecular weight is 211 g/mol. The summed E-state index contributed by atoms with van der Waals surface area (Å²) in [6.07, 6.45) is 5.32. The molecule has 3 nitrogen and oxygen atoms in total. The van der Waals surface area contributed by atoms with Gasteiger partial charge in [-0.25, -0.2) is 0 Å². The smallest absolute Gasteiger partial charge is 0.00963 e. The molecule has 0 aromatic rings. The van der Waals surface area contributed by atoms with Crippen molar-refractivity contribution in [3.63, 3.8) is 0 Å². The van der Waals surface area contributed by atoms with Crippen molar-refractivity contribution < 1.29 is 0 Å². The topological polar surface area (TPSA) is 32.5 Å². The van der Waals surface area contributed by atoms with Crippen LogP contribution in [0.3, 0.4) is 0 Å². The number of nitrogens with zero attached hydrogens (tertiary/aromatic N) is 2. The van der Waals surface area contributed by atoms with Gasteiger partial charge in [-0.05, 0) is 51.7 Å². The van der Waals surface area contributed by atoms with Crippen molar-refractivity contribution in [1.82, 2.24) is 9.80 Å². The first-order valence-corrected chi connectivity index (χ1v) is 6.42. The first kappa shape index (κ1) is 11.4. The average Bonchev–Trinajstić information content (AvgIpc) is 2.60. The Balaban J connectivity index is 1.70. The van der Waals surface area contributed by atoms with Crippen molar-refractivity contribution in [1.29, 1.82) is 0 Å². The molecule has 2 N–H and O–H groups in total. The second kappa shape index (κ2) is 5.28. The zero-order valence-electron chi connectivity index (χ0n) is 9.99. The van der Waals surface area contributed by atoms with Crippen molar-refractivity contribution >= 4 is 0 Å². The van der Waals surface area contributed by atoms with Crippen molar-refractivity contribution in [3.05, 3.63) is 0 Å². The molecule has 2 aliphatic heterocycles. The van der Waals surface area contributed by atoms with Crippen LogP contribution in [0.2, 0.25) is 0 Å². The molecule has 0 amide bonds. The van der Waals surface area contributed by atoms with Crippen LogP contribution in [0.5, 0.6) is 0 Å². The van der Waals surface area contributed by atoms with E-state index >= 15 is 0 Å². The largest absolute Gasteiger partial charge is 0.330 e. The van der Waals surface area contributed by atoms with Crippen molar-refractivity contribution in [2.75, 3.05) is 39.8 Å². The van der Waals surface area contributed by atoms with Crippen LogP contribution in [-0.4, -0.2) is 55.6 Å². The fraction of sp³-hybridized carbons (Fsp3) is 1.00. The van der Waals surface area contributed by atoms with Crippen LogP contribution in [0.4, 0.5) is 0 Å². The zero-order chi connectivity index (χ0) is 10.7. The molecular weight excluding hydrogens is 186 g/mol. The summed E-state index contributed by atoms with van der Waals surface area (Å²) in [6.45, 7) is 6.13. The Morgan fingerprint density at radius 2 is 2.13 bits per heavy atom. The molecule has 1 unspecified atom stereocenters. The van der Waals surface area contributed by atoms with E-state index in [9.17, 15) is 0 Å². The number of hydrogen-bond acceptors (Lipinski definition) is 3. The van der Waals surface area contributed by atoms with Gasteiger partial charge in [-0.1, -0.05) is 0 Å². The lowest BCUT2D eigenvalue weighted by Crippen LogP contribution is -2.50. The molecule has 0 radical (unpaired) electrons. The molecule has 2 fully saturated rings. The minimum absolute atomic E-state index is 0.847. The van der Waals surface area contributed by atoms with E-state index < -0.39 is 0 Å². The van der Waals surface area contributed by atoms with Gasteiger partial charge in [-0.2, -0.15) is 0 Å². The first-order valence-electron chi connectivity index (χ1n) is 6.42. The summed E-state index contributed by atoms with van der Waals surface area (Å²) in [7, 11) is 2.21. The lowest BCUT2D eigenvalue weighted by atomic mass is 9.99. The van der Waals surface area contributed by atoms with E-state index in [0.717, 1.165) is 18.5 Å². The van der Waals surface area contributed by atoms with E-state index in [-0.39, 0.29) is 0 Å². The van der Waals surface area contributed by atoms with Crippen LogP contribution < -0.4 is 5.73 Å². The highest BCUT2D eigenvalue weighted by Gasteiger charge is 2.30. The van der Waals surface area contributed by atoms with E-state index in [0.29, 0.717) is 0 Å². The van der Waals surface area contributed by atoms with Crippen LogP contribution >= 0.6 is 0 Å². The number of likely N-dealkylation sites (tertiary alicyclic amines) is 2. The van der Waals surface area contributed by atoms with Crippen LogP contribution in [-0.2, 0) is 0 Å². The predicted octanol–water partition coefficient (Wildman–Crippen LogP) is 0.751. The second-order valence-corrected chi connectivity index (χ2v) is 5.31. The Labute approximate surface area is 93.6 Å². The summed E-state index contributed by atoms with van der Waals surface area (Å²) in [5.74, 6) is 0.938. The van der Waals surface area contributed by atoms with Crippen molar-refractivity contribution in [2.45, 2.75) is 31.7 Å². The van der Waals surface area contributed by atoms with Crippen LogP contribution in [0.1, 0.15) is 25.7 Å². The van der Waals surface area contributed by atoms with Gasteiger partial charge in [0.25, 0.3) is 0 Å². The fourth-order valence-corrected chi connectivity index (χ4v) is 3.09. The van der Waals surface area contributed by atoms with Crippen molar-refractivity contribution in [2.24, 2.45) is 11.7 Å². The molecule has 1 atom stereocenters. The van der Waals surface area contributed by atoms with Crippen LogP contribution in [0, 0.1) is 5.92 Å². The van der Waals surface area contributed by atoms with Gasteiger partial charge < -0.3 is 15.5 Å². The summed E-state index contributed by atoms with van der Waals surface area (Å²) in [4.78, 5) is 5.13. The fourth-order valence-electron chi connectivity index (χ4n) is 3.09. The highest BCUT2D eigenvalue weighted by Crippen LogP contribution is 2.24. The van der Waals surface area contributed by atoms with E-state index in [1.165, 1.54) is 51.9 Å². The summed E-state index contributed by atoms with van der Waals surface area (Å²) in [5.41, 5.74) is 5.58. The van der Waals surface area contributed by atoms with Gasteiger partial charge in [0, 0.05) is 25.7 Å². The maximum absolute atomic E-state index is 5.58. The van der Waals surface area contributed by atoms with E-state index in [1.54, 1.807) is 0 Å². The third-order valence-corrected chi connectivity index (χ3v) is 3.87. The first-order chi connectivity index (χ1) is 7.29. The molecule has 3 heteroatoms. The van der Waals surface area contributed by atoms with Crippen molar-refractivity contribution in [3.8, 4) is 0 Å². The minimum atomic E-state index is 0.847. The van der Waals surface area contributed by atoms with Crippen LogP contribution in [0.15, 0.2) is 0 Å². The Kier molecular flexibility index (Phi) is 4.00. The van der Waals surface area contributed by atoms with Gasteiger partial charge in [-0.3, -0.25) is 0 Å². The molecule has 2 rings (SSSR count). The lowest BCUT2D eigenvalue weighted by molar-refractivity contribution is 0.0839. The molecule has 88 valence electrons. The van der Waals surface area contributed by atoms with Gasteiger partial charge in [0.15, 0.2) is 0 Å². The Morgan fingerprint density at radius 3 is 2.80 bits per heavy atom. The number of nitrogens with two attached hydrogens (primary N) is 1. The molecular formula is C12H25N3. The molecule has 0 bridgehead atoms. The van der Waals surface area contributed by atoms with Crippen LogP contribution in [0.25, 0.3) is 0 Å². The highest BCUT2D eigenvalue weighted by atomic mass is 15.2. The third kappa shape index (κ3) is 2.92. The maximum atomic E-state index is 5.58. The quantitative estimate of drug-likeness (QED) is 0.728. The molecule has 15 heavy (non-hydrogen) atoms. The molecule has 0 spiro atoms. The molecule has 0 aromatic carbocycles. The van der Waals surface area contributed by atoms with Gasteiger partial charge >= 0.3 is 0 Å². The number of hydrogen-bond donors (Lipinski definition) is 1. The SMILES string of the molecule is CN1CC(CN2CCCC2CCCN)C1. The van der Waals surface area contributed by atoms with Gasteiger partial charge in [0.1, 0.15) is 0 Å². The molecule has 2 aliphatic rings. The van der Waals surface area contributed by atoms with E-state index in [1.807, 2.05) is 0 Å². The Morgan fingerprint density at radius 1 is 1.33 bits per heavy atom. The maximum Gasteiger partial charge on any atom is 0.00963 e. The third-order valence-electron chi connectivity index (χ3n) is 3.87. The van der Waals surface area contributed by atoms with E-state index in [4.69, 9.17) is 5.73 Å². The van der Waals surface area contributed by atoms with E-state index in [2.05, 4.69) is 16.8 Å². The summed E-state index contributed by atoms with van der Waals surface area (Å²) in [6, 6.07) is 0.847. The monoisotopic (exact) mass is 211 g/mol. The molecule has 2 saturated heterocycles. The highest BCUT2D eigenvalue weighted by molar-refractivity contribution is 4.85. The minimum Gasteiger partial charge on any atom is -0.330 e. The summed E-state index contributed by atoms with van der Waals surface area (Å²) >= 11 is 0. The second-order valence-electron chi connectivity index (χ2n) is 5.31.